The van der Waals surface area contributed by atoms with E-state index in [9.17, 15) is 0 Å². The minimum atomic E-state index is 0.271. The third-order valence-corrected chi connectivity index (χ3v) is 1.74. The number of benzene rings is 1. The Morgan fingerprint density at radius 1 is 1.46 bits per heavy atom. The zero-order valence-corrected chi connectivity index (χ0v) is 7.22. The van der Waals surface area contributed by atoms with Crippen molar-refractivity contribution in [2.45, 2.75) is 6.10 Å². The Labute approximate surface area is 77.0 Å². The minimum Gasteiger partial charge on any atom is -0.393 e. The first-order chi connectivity index (χ1) is 6.45. The molecule has 0 bridgehead atoms. The molecule has 0 amide bonds. The highest BCUT2D eigenvalue weighted by molar-refractivity contribution is 5.78. The highest BCUT2D eigenvalue weighted by Crippen LogP contribution is 2.08. The van der Waals surface area contributed by atoms with Crippen LogP contribution in [0.1, 0.15) is 5.56 Å². The van der Waals surface area contributed by atoms with Crippen LogP contribution in [-0.4, -0.2) is 25.5 Å². The van der Waals surface area contributed by atoms with Crippen molar-refractivity contribution in [2.75, 3.05) is 13.2 Å². The normalized spacial score (nSPS) is 20.5. The minimum absolute atomic E-state index is 0.271. The van der Waals surface area contributed by atoms with Crippen molar-refractivity contribution < 1.29 is 9.57 Å². The van der Waals surface area contributed by atoms with E-state index in [1.54, 1.807) is 6.21 Å². The molecule has 0 aliphatic carbocycles. The van der Waals surface area contributed by atoms with E-state index in [0.29, 0.717) is 6.61 Å². The summed E-state index contributed by atoms with van der Waals surface area (Å²) in [5, 5.41) is 3.82. The molecule has 3 heteroatoms. The lowest BCUT2D eigenvalue weighted by Gasteiger charge is -1.93. The molecule has 1 aliphatic rings. The van der Waals surface area contributed by atoms with Gasteiger partial charge in [-0.2, -0.15) is 0 Å². The smallest absolute Gasteiger partial charge is 0.145 e. The van der Waals surface area contributed by atoms with Crippen molar-refractivity contribution in [3.63, 3.8) is 0 Å². The molecule has 1 atom stereocenters. The van der Waals surface area contributed by atoms with E-state index in [0.717, 1.165) is 12.2 Å². The molecule has 3 nitrogen and oxygen atoms in total. The lowest BCUT2D eigenvalue weighted by atomic mass is 10.2. The van der Waals surface area contributed by atoms with Crippen LogP contribution in [0.5, 0.6) is 0 Å². The molecule has 68 valence electrons. The number of oxime groups is 1. The van der Waals surface area contributed by atoms with Crippen LogP contribution in [-0.2, 0) is 9.57 Å². The maximum Gasteiger partial charge on any atom is 0.145 e. The fourth-order valence-corrected chi connectivity index (χ4v) is 0.928. The van der Waals surface area contributed by atoms with Crippen molar-refractivity contribution in [1.29, 1.82) is 0 Å². The van der Waals surface area contributed by atoms with Gasteiger partial charge in [-0.1, -0.05) is 35.5 Å². The second kappa shape index (κ2) is 4.05. The van der Waals surface area contributed by atoms with Crippen LogP contribution in [0.4, 0.5) is 0 Å². The van der Waals surface area contributed by atoms with Gasteiger partial charge in [0.2, 0.25) is 0 Å². The third kappa shape index (κ3) is 2.87. The summed E-state index contributed by atoms with van der Waals surface area (Å²) >= 11 is 0. The Hall–Kier alpha value is -1.35. The molecule has 0 radical (unpaired) electrons. The summed E-state index contributed by atoms with van der Waals surface area (Å²) in [5.41, 5.74) is 1.04. The van der Waals surface area contributed by atoms with Crippen molar-refractivity contribution in [2.24, 2.45) is 5.16 Å². The van der Waals surface area contributed by atoms with Gasteiger partial charge < -0.3 is 9.57 Å². The summed E-state index contributed by atoms with van der Waals surface area (Å²) in [7, 11) is 0. The second-order valence-electron chi connectivity index (χ2n) is 2.90. The molecule has 0 spiro atoms. The van der Waals surface area contributed by atoms with Gasteiger partial charge >= 0.3 is 0 Å². The molecule has 1 fully saturated rings. The van der Waals surface area contributed by atoms with E-state index in [4.69, 9.17) is 9.57 Å². The maximum absolute atomic E-state index is 5.01. The van der Waals surface area contributed by atoms with Crippen LogP contribution >= 0.6 is 0 Å². The van der Waals surface area contributed by atoms with Gasteiger partial charge in [0.05, 0.1) is 12.8 Å². The molecule has 1 aromatic carbocycles. The SMILES string of the molecule is C(=N\OCC1CO1)/c1ccccc1. The van der Waals surface area contributed by atoms with E-state index in [2.05, 4.69) is 5.16 Å². The number of nitrogens with zero attached hydrogens (tertiary/aromatic N) is 1. The van der Waals surface area contributed by atoms with Gasteiger partial charge in [-0.25, -0.2) is 0 Å². The Morgan fingerprint density at radius 3 is 2.92 bits per heavy atom. The van der Waals surface area contributed by atoms with E-state index < -0.39 is 0 Å². The van der Waals surface area contributed by atoms with Crippen LogP contribution < -0.4 is 0 Å². The molecular formula is C10H11NO2. The summed E-state index contributed by atoms with van der Waals surface area (Å²) < 4.78 is 4.96. The number of ether oxygens (including phenoxy) is 1. The predicted molar refractivity (Wildman–Crippen MR) is 49.7 cm³/mol. The number of epoxide rings is 1. The highest BCUT2D eigenvalue weighted by atomic mass is 16.7. The van der Waals surface area contributed by atoms with Gasteiger partial charge in [0.15, 0.2) is 0 Å². The molecule has 0 saturated carbocycles. The summed E-state index contributed by atoms with van der Waals surface area (Å²) in [6.45, 7) is 1.37. The zero-order valence-electron chi connectivity index (χ0n) is 7.22. The summed E-state index contributed by atoms with van der Waals surface area (Å²) in [6.07, 6.45) is 1.97. The van der Waals surface area contributed by atoms with Gasteiger partial charge in [-0.05, 0) is 5.56 Å². The quantitative estimate of drug-likeness (QED) is 0.396. The largest absolute Gasteiger partial charge is 0.393 e. The molecule has 2 rings (SSSR count). The van der Waals surface area contributed by atoms with Gasteiger partial charge in [-0.15, -0.1) is 0 Å². The first-order valence-corrected chi connectivity index (χ1v) is 4.27. The summed E-state index contributed by atoms with van der Waals surface area (Å²) in [6, 6.07) is 9.84. The van der Waals surface area contributed by atoms with E-state index in [1.165, 1.54) is 0 Å². The zero-order chi connectivity index (χ0) is 8.93. The van der Waals surface area contributed by atoms with E-state index in [-0.39, 0.29) is 6.10 Å². The monoisotopic (exact) mass is 177 g/mol. The number of rotatable bonds is 4. The fourth-order valence-electron chi connectivity index (χ4n) is 0.928. The Morgan fingerprint density at radius 2 is 2.23 bits per heavy atom. The highest BCUT2D eigenvalue weighted by Gasteiger charge is 2.22. The third-order valence-electron chi connectivity index (χ3n) is 1.74. The van der Waals surface area contributed by atoms with Crippen LogP contribution in [0.15, 0.2) is 35.5 Å². The lowest BCUT2D eigenvalue weighted by molar-refractivity contribution is 0.126. The van der Waals surface area contributed by atoms with Crippen LogP contribution in [0, 0.1) is 0 Å². The Balaban J connectivity index is 1.76. The van der Waals surface area contributed by atoms with Crippen molar-refractivity contribution in [3.8, 4) is 0 Å². The number of hydrogen-bond acceptors (Lipinski definition) is 3. The van der Waals surface area contributed by atoms with Gasteiger partial charge in [0.25, 0.3) is 0 Å². The summed E-state index contributed by atoms with van der Waals surface area (Å²) in [4.78, 5) is 5.01. The lowest BCUT2D eigenvalue weighted by Crippen LogP contribution is -1.96. The van der Waals surface area contributed by atoms with Crippen molar-refractivity contribution in [1.82, 2.24) is 0 Å². The fraction of sp³-hybridized carbons (Fsp3) is 0.300. The van der Waals surface area contributed by atoms with Gasteiger partial charge in [0.1, 0.15) is 12.7 Å². The molecule has 1 saturated heterocycles. The average Bonchev–Trinajstić information content (AvgIpc) is 2.98. The topological polar surface area (TPSA) is 34.1 Å². The Bertz CT molecular complexity index is 280. The molecule has 0 aromatic heterocycles. The first kappa shape index (κ1) is 8.26. The van der Waals surface area contributed by atoms with Crippen molar-refractivity contribution in [3.05, 3.63) is 35.9 Å². The van der Waals surface area contributed by atoms with Gasteiger partial charge in [-0.3, -0.25) is 0 Å². The average molecular weight is 177 g/mol. The maximum atomic E-state index is 5.01. The Kier molecular flexibility index (Phi) is 2.57. The predicted octanol–water partition coefficient (Wildman–Crippen LogP) is 1.44. The second-order valence-corrected chi connectivity index (χ2v) is 2.90. The summed E-state index contributed by atoms with van der Waals surface area (Å²) in [5.74, 6) is 0. The first-order valence-electron chi connectivity index (χ1n) is 4.27. The molecule has 1 heterocycles. The van der Waals surface area contributed by atoms with E-state index in [1.807, 2.05) is 30.3 Å². The number of hydrogen-bond donors (Lipinski definition) is 0. The van der Waals surface area contributed by atoms with Crippen molar-refractivity contribution >= 4 is 6.21 Å². The van der Waals surface area contributed by atoms with Gasteiger partial charge in [0, 0.05) is 0 Å². The van der Waals surface area contributed by atoms with Crippen LogP contribution in [0.3, 0.4) is 0 Å². The van der Waals surface area contributed by atoms with Crippen LogP contribution in [0.2, 0.25) is 0 Å². The molecular weight excluding hydrogens is 166 g/mol. The van der Waals surface area contributed by atoms with Crippen LogP contribution in [0.25, 0.3) is 0 Å². The van der Waals surface area contributed by atoms with E-state index >= 15 is 0 Å². The molecule has 1 unspecified atom stereocenters. The molecule has 1 aliphatic heterocycles. The standard InChI is InChI=1S/C10H11NO2/c1-2-4-9(5-3-1)6-11-13-8-10-7-12-10/h1-6,10H,7-8H2/b11-6+. The molecule has 0 N–H and O–H groups in total. The molecule has 1 aromatic rings. The molecule has 13 heavy (non-hydrogen) atoms.